The van der Waals surface area contributed by atoms with Gasteiger partial charge in [0.1, 0.15) is 6.04 Å². The molecule has 0 spiro atoms. The third kappa shape index (κ3) is 9.10. The van der Waals surface area contributed by atoms with Gasteiger partial charge in [0.2, 0.25) is 11.8 Å². The van der Waals surface area contributed by atoms with Gasteiger partial charge in [-0.05, 0) is 56.5 Å². The van der Waals surface area contributed by atoms with Crippen molar-refractivity contribution in [1.82, 2.24) is 10.2 Å². The molecular weight excluding hydrogens is 523 g/mol. The number of hydrogen-bond donors (Lipinski definition) is 1. The normalized spacial score (nSPS) is 11.9. The van der Waals surface area contributed by atoms with Crippen molar-refractivity contribution in [1.29, 1.82) is 0 Å². The largest absolute Gasteiger partial charge is 0.352 e. The van der Waals surface area contributed by atoms with Crippen molar-refractivity contribution < 1.29 is 9.59 Å². The van der Waals surface area contributed by atoms with Crippen molar-refractivity contribution in [3.05, 3.63) is 105 Å². The number of rotatable bonds is 11. The zero-order valence-electron chi connectivity index (χ0n) is 21.8. The van der Waals surface area contributed by atoms with E-state index in [1.165, 1.54) is 16.7 Å². The summed E-state index contributed by atoms with van der Waals surface area (Å²) in [6.07, 6.45) is 0.401. The highest BCUT2D eigenvalue weighted by atomic mass is 35.5. The zero-order valence-corrected chi connectivity index (χ0v) is 24.1. The number of carbonyl (C=O) groups is 2. The lowest BCUT2D eigenvalue weighted by Crippen LogP contribution is -2.52. The smallest absolute Gasteiger partial charge is 0.243 e. The average Bonchev–Trinajstić information content (AvgIpc) is 2.82. The van der Waals surface area contributed by atoms with Crippen molar-refractivity contribution in [2.24, 2.45) is 0 Å². The van der Waals surface area contributed by atoms with Gasteiger partial charge in [-0.25, -0.2) is 0 Å². The Bertz CT molecular complexity index is 1200. The second kappa shape index (κ2) is 13.9. The van der Waals surface area contributed by atoms with E-state index in [0.29, 0.717) is 22.2 Å². The summed E-state index contributed by atoms with van der Waals surface area (Å²) in [5.41, 5.74) is 5.31. The molecule has 2 amide bonds. The van der Waals surface area contributed by atoms with E-state index in [1.54, 1.807) is 28.8 Å². The predicted octanol–water partition coefficient (Wildman–Crippen LogP) is 7.01. The standard InChI is InChI=1S/C30H34Cl2N2O2S/c1-20(2)33-30(36)28(15-23-8-6-5-7-9-23)34(17-25-10-11-26(31)16-27(25)32)29(35)19-37-18-24-13-21(3)12-22(4)14-24/h5-14,16,20,28H,15,17-19H2,1-4H3,(H,33,36). The minimum absolute atomic E-state index is 0.0548. The SMILES string of the molecule is Cc1cc(C)cc(CSCC(=O)N(Cc2ccc(Cl)cc2Cl)C(Cc2ccccc2)C(=O)NC(C)C)c1. The first-order chi connectivity index (χ1) is 17.6. The van der Waals surface area contributed by atoms with Gasteiger partial charge in [0.15, 0.2) is 0 Å². The summed E-state index contributed by atoms with van der Waals surface area (Å²) in [4.78, 5) is 28.8. The molecule has 3 rings (SSSR count). The monoisotopic (exact) mass is 556 g/mol. The fraction of sp³-hybridized carbons (Fsp3) is 0.333. The molecule has 4 nitrogen and oxygen atoms in total. The van der Waals surface area contributed by atoms with Crippen LogP contribution in [0.5, 0.6) is 0 Å². The summed E-state index contributed by atoms with van der Waals surface area (Å²) in [7, 11) is 0. The number of benzene rings is 3. The first kappa shape index (κ1) is 29.1. The Labute approximate surface area is 234 Å². The van der Waals surface area contributed by atoms with Crippen molar-refractivity contribution in [3.63, 3.8) is 0 Å². The lowest BCUT2D eigenvalue weighted by Gasteiger charge is -2.32. The topological polar surface area (TPSA) is 49.4 Å². The fourth-order valence-corrected chi connectivity index (χ4v) is 5.57. The summed E-state index contributed by atoms with van der Waals surface area (Å²) in [5.74, 6) is 0.667. The van der Waals surface area contributed by atoms with E-state index in [9.17, 15) is 9.59 Å². The van der Waals surface area contributed by atoms with Gasteiger partial charge in [0, 0.05) is 34.8 Å². The molecule has 0 bridgehead atoms. The summed E-state index contributed by atoms with van der Waals surface area (Å²) in [6.45, 7) is 8.19. The van der Waals surface area contributed by atoms with E-state index < -0.39 is 6.04 Å². The van der Waals surface area contributed by atoms with Gasteiger partial charge in [-0.2, -0.15) is 0 Å². The number of halogens is 2. The van der Waals surface area contributed by atoms with E-state index >= 15 is 0 Å². The molecular formula is C30H34Cl2N2O2S. The summed E-state index contributed by atoms with van der Waals surface area (Å²) < 4.78 is 0. The first-order valence-electron chi connectivity index (χ1n) is 12.3. The highest BCUT2D eigenvalue weighted by Gasteiger charge is 2.31. The highest BCUT2D eigenvalue weighted by Crippen LogP contribution is 2.25. The van der Waals surface area contributed by atoms with Gasteiger partial charge < -0.3 is 10.2 Å². The van der Waals surface area contributed by atoms with E-state index in [2.05, 4.69) is 37.4 Å². The molecule has 0 aromatic heterocycles. The average molecular weight is 558 g/mol. The Morgan fingerprint density at radius 3 is 2.22 bits per heavy atom. The van der Waals surface area contributed by atoms with Gasteiger partial charge in [-0.15, -0.1) is 11.8 Å². The van der Waals surface area contributed by atoms with E-state index in [4.69, 9.17) is 23.2 Å². The second-order valence-electron chi connectivity index (χ2n) is 9.61. The first-order valence-corrected chi connectivity index (χ1v) is 14.3. The molecule has 37 heavy (non-hydrogen) atoms. The molecule has 196 valence electrons. The number of thioether (sulfide) groups is 1. The van der Waals surface area contributed by atoms with Crippen LogP contribution < -0.4 is 5.32 Å². The quantitative estimate of drug-likeness (QED) is 0.276. The number of carbonyl (C=O) groups excluding carboxylic acids is 2. The number of aryl methyl sites for hydroxylation is 2. The van der Waals surface area contributed by atoms with Crippen LogP contribution in [-0.4, -0.2) is 34.6 Å². The minimum Gasteiger partial charge on any atom is -0.352 e. The molecule has 1 N–H and O–H groups in total. The number of hydrogen-bond acceptors (Lipinski definition) is 3. The lowest BCUT2D eigenvalue weighted by molar-refractivity contribution is -0.139. The van der Waals surface area contributed by atoms with Crippen LogP contribution >= 0.6 is 35.0 Å². The molecule has 1 unspecified atom stereocenters. The van der Waals surface area contributed by atoms with Gasteiger partial charge in [0.25, 0.3) is 0 Å². The van der Waals surface area contributed by atoms with Gasteiger partial charge in [-0.1, -0.05) is 88.9 Å². The third-order valence-electron chi connectivity index (χ3n) is 5.83. The number of amides is 2. The molecule has 0 aliphatic heterocycles. The maximum atomic E-state index is 13.7. The molecule has 0 radical (unpaired) electrons. The van der Waals surface area contributed by atoms with Gasteiger partial charge in [0.05, 0.1) is 5.75 Å². The van der Waals surface area contributed by atoms with Crippen LogP contribution in [0.25, 0.3) is 0 Å². The molecule has 7 heteroatoms. The predicted molar refractivity (Wildman–Crippen MR) is 156 cm³/mol. The number of nitrogens with one attached hydrogen (secondary N) is 1. The highest BCUT2D eigenvalue weighted by molar-refractivity contribution is 7.99. The van der Waals surface area contributed by atoms with Crippen molar-refractivity contribution >= 4 is 46.8 Å². The zero-order chi connectivity index (χ0) is 26.9. The summed E-state index contributed by atoms with van der Waals surface area (Å²) in [6, 6.07) is 20.7. The molecule has 0 fully saturated rings. The van der Waals surface area contributed by atoms with Crippen LogP contribution in [0, 0.1) is 13.8 Å². The molecule has 1 atom stereocenters. The fourth-order valence-electron chi connectivity index (χ4n) is 4.26. The van der Waals surface area contributed by atoms with Gasteiger partial charge >= 0.3 is 0 Å². The molecule has 3 aromatic rings. The molecule has 3 aromatic carbocycles. The summed E-state index contributed by atoms with van der Waals surface area (Å²) >= 11 is 14.2. The Morgan fingerprint density at radius 2 is 1.59 bits per heavy atom. The Morgan fingerprint density at radius 1 is 0.919 bits per heavy atom. The Hall–Kier alpha value is -2.47. The van der Waals surface area contributed by atoms with E-state index in [-0.39, 0.29) is 30.2 Å². The third-order valence-corrected chi connectivity index (χ3v) is 7.41. The molecule has 0 heterocycles. The maximum absolute atomic E-state index is 13.7. The minimum atomic E-state index is -0.689. The maximum Gasteiger partial charge on any atom is 0.243 e. The number of nitrogens with zero attached hydrogens (tertiary/aromatic N) is 1. The lowest BCUT2D eigenvalue weighted by atomic mass is 10.0. The van der Waals surface area contributed by atoms with Crippen LogP contribution in [-0.2, 0) is 28.3 Å². The van der Waals surface area contributed by atoms with Crippen LogP contribution in [0.15, 0.2) is 66.7 Å². The molecule has 0 aliphatic carbocycles. The van der Waals surface area contributed by atoms with E-state index in [0.717, 1.165) is 11.1 Å². The van der Waals surface area contributed by atoms with Crippen LogP contribution in [0.3, 0.4) is 0 Å². The van der Waals surface area contributed by atoms with Crippen molar-refractivity contribution in [3.8, 4) is 0 Å². The molecule has 0 saturated carbocycles. The summed E-state index contributed by atoms with van der Waals surface area (Å²) in [5, 5.41) is 4.00. The van der Waals surface area contributed by atoms with Crippen LogP contribution in [0.1, 0.15) is 41.7 Å². The molecule has 0 saturated heterocycles. The van der Waals surface area contributed by atoms with Crippen molar-refractivity contribution in [2.45, 2.75) is 58.5 Å². The Balaban J connectivity index is 1.88. The van der Waals surface area contributed by atoms with Gasteiger partial charge in [-0.3, -0.25) is 9.59 Å². The Kier molecular flexibility index (Phi) is 10.9. The van der Waals surface area contributed by atoms with Crippen molar-refractivity contribution in [2.75, 3.05) is 5.75 Å². The van der Waals surface area contributed by atoms with E-state index in [1.807, 2.05) is 50.2 Å². The second-order valence-corrected chi connectivity index (χ2v) is 11.4. The van der Waals surface area contributed by atoms with Crippen LogP contribution in [0.2, 0.25) is 10.0 Å². The molecule has 0 aliphatic rings. The van der Waals surface area contributed by atoms with Crippen LogP contribution in [0.4, 0.5) is 0 Å².